The summed E-state index contributed by atoms with van der Waals surface area (Å²) in [5, 5.41) is 9.87. The average Bonchev–Trinajstić information content (AvgIpc) is 3.16. The van der Waals surface area contributed by atoms with Crippen LogP contribution in [0.5, 0.6) is 0 Å². The number of benzene rings is 2. The highest BCUT2D eigenvalue weighted by Gasteiger charge is 2.63. The maximum atomic E-state index is 9.39. The van der Waals surface area contributed by atoms with Gasteiger partial charge in [-0.15, -0.1) is 0 Å². The number of methoxy groups -OCH3 is 1. The molecule has 32 heavy (non-hydrogen) atoms. The molecule has 166 valence electrons. The van der Waals surface area contributed by atoms with E-state index in [0.29, 0.717) is 17.0 Å². The summed E-state index contributed by atoms with van der Waals surface area (Å²) in [6.07, 6.45) is 2.28. The standard InChI is InChI=1S/C26H28ClN3O2/c1-15-10-25(11-16(2)23(15)31-3)12-19-5-4-18(20-6-17(13-28)7-21(27)8-20)9-22(19)26(25)14-32-24(29)30-26/h4-9,15-16,23H,10-12,14H2,1-3H3,(H2,29,30)/t15-,16+,23+,25+,26?/i14D2. The maximum absolute atomic E-state index is 9.39. The molecule has 3 aliphatic rings. The van der Waals surface area contributed by atoms with Gasteiger partial charge >= 0.3 is 0 Å². The van der Waals surface area contributed by atoms with Gasteiger partial charge in [0.25, 0.3) is 6.02 Å². The lowest BCUT2D eigenvalue weighted by Gasteiger charge is -2.50. The first-order valence-corrected chi connectivity index (χ1v) is 11.4. The van der Waals surface area contributed by atoms with E-state index in [9.17, 15) is 5.26 Å². The first kappa shape index (κ1) is 19.0. The maximum Gasteiger partial charge on any atom is 0.283 e. The summed E-state index contributed by atoms with van der Waals surface area (Å²) < 4.78 is 29.4. The van der Waals surface area contributed by atoms with Crippen LogP contribution in [0.4, 0.5) is 0 Å². The third-order valence-corrected chi connectivity index (χ3v) is 7.77. The van der Waals surface area contributed by atoms with Crippen molar-refractivity contribution in [3.05, 3.63) is 58.1 Å². The van der Waals surface area contributed by atoms with Crippen LogP contribution in [0.1, 0.15) is 46.1 Å². The Kier molecular flexibility index (Phi) is 4.45. The number of aliphatic imine (C=N–C) groups is 1. The van der Waals surface area contributed by atoms with E-state index in [0.717, 1.165) is 35.1 Å². The number of rotatable bonds is 2. The monoisotopic (exact) mass is 451 g/mol. The molecule has 0 bridgehead atoms. The van der Waals surface area contributed by atoms with Crippen LogP contribution in [0.25, 0.3) is 11.1 Å². The average molecular weight is 452 g/mol. The van der Waals surface area contributed by atoms with E-state index < -0.39 is 17.5 Å². The lowest BCUT2D eigenvalue weighted by molar-refractivity contribution is -0.0779. The first-order chi connectivity index (χ1) is 16.1. The minimum atomic E-state index is -2.10. The van der Waals surface area contributed by atoms with Crippen molar-refractivity contribution in [2.45, 2.75) is 44.8 Å². The van der Waals surface area contributed by atoms with Crippen molar-refractivity contribution in [3.63, 3.8) is 0 Å². The molecule has 2 aliphatic carbocycles. The van der Waals surface area contributed by atoms with Crippen molar-refractivity contribution >= 4 is 17.6 Å². The smallest absolute Gasteiger partial charge is 0.283 e. The molecule has 0 amide bonds. The molecule has 1 fully saturated rings. The van der Waals surface area contributed by atoms with Crippen LogP contribution >= 0.6 is 11.6 Å². The summed E-state index contributed by atoms with van der Waals surface area (Å²) in [6, 6.07) is 13.3. The largest absolute Gasteiger partial charge is 0.462 e. The Balaban J connectivity index is 1.71. The number of ether oxygens (including phenoxy) is 2. The van der Waals surface area contributed by atoms with Crippen molar-refractivity contribution in [2.75, 3.05) is 13.7 Å². The molecule has 6 heteroatoms. The molecule has 1 heterocycles. The van der Waals surface area contributed by atoms with E-state index >= 15 is 0 Å². The van der Waals surface area contributed by atoms with Crippen molar-refractivity contribution in [2.24, 2.45) is 28.0 Å². The first-order valence-electron chi connectivity index (χ1n) is 12.0. The van der Waals surface area contributed by atoms with Gasteiger partial charge < -0.3 is 15.2 Å². The topological polar surface area (TPSA) is 80.6 Å². The number of amidine groups is 1. The van der Waals surface area contributed by atoms with E-state index in [1.165, 1.54) is 0 Å². The highest BCUT2D eigenvalue weighted by Crippen LogP contribution is 2.63. The summed E-state index contributed by atoms with van der Waals surface area (Å²) in [6.45, 7) is 2.23. The number of fused-ring (bicyclic) bond motifs is 3. The fourth-order valence-corrected chi connectivity index (χ4v) is 6.77. The van der Waals surface area contributed by atoms with Crippen molar-refractivity contribution in [1.82, 2.24) is 0 Å². The third-order valence-electron chi connectivity index (χ3n) is 7.56. The van der Waals surface area contributed by atoms with Gasteiger partial charge in [-0.05, 0) is 77.6 Å². The van der Waals surface area contributed by atoms with Crippen LogP contribution < -0.4 is 5.73 Å². The second-order valence-electron chi connectivity index (χ2n) is 9.60. The number of nitrogens with two attached hydrogens (primary N) is 1. The molecule has 5 nitrogen and oxygen atoms in total. The summed E-state index contributed by atoms with van der Waals surface area (Å²) in [5.41, 5.74) is 8.23. The molecule has 2 N–H and O–H groups in total. The number of hydrogen-bond donors (Lipinski definition) is 1. The van der Waals surface area contributed by atoms with Crippen molar-refractivity contribution in [1.29, 1.82) is 5.26 Å². The summed E-state index contributed by atoms with van der Waals surface area (Å²) >= 11 is 6.28. The molecule has 5 atom stereocenters. The SMILES string of the molecule is [2H]C1([2H])OC(N)=NC12c1cc(-c3cc(Cl)cc(C#N)c3)ccc1C[C@@]21C[C@@H](C)[C@H](OC)[C@@H](C)C1. The Morgan fingerprint density at radius 1 is 1.22 bits per heavy atom. The lowest BCUT2D eigenvalue weighted by atomic mass is 9.57. The second-order valence-corrected chi connectivity index (χ2v) is 10.0. The Hall–Kier alpha value is -2.55. The zero-order valence-corrected chi connectivity index (χ0v) is 19.2. The van der Waals surface area contributed by atoms with E-state index in [1.807, 2.05) is 24.3 Å². The van der Waals surface area contributed by atoms with Crippen molar-refractivity contribution in [3.8, 4) is 17.2 Å². The zero-order chi connectivity index (χ0) is 24.5. The van der Waals surface area contributed by atoms with Crippen LogP contribution in [0.15, 0.2) is 41.4 Å². The second kappa shape index (κ2) is 7.50. The van der Waals surface area contributed by atoms with Gasteiger partial charge in [0.1, 0.15) is 12.1 Å². The molecule has 1 aliphatic heterocycles. The van der Waals surface area contributed by atoms with Gasteiger partial charge in [-0.3, -0.25) is 0 Å². The molecule has 0 saturated heterocycles. The van der Waals surface area contributed by atoms with E-state index in [1.54, 1.807) is 19.2 Å². The van der Waals surface area contributed by atoms with Gasteiger partial charge in [-0.2, -0.15) is 5.26 Å². The highest BCUT2D eigenvalue weighted by atomic mass is 35.5. The Morgan fingerprint density at radius 3 is 2.59 bits per heavy atom. The van der Waals surface area contributed by atoms with Gasteiger partial charge in [-0.1, -0.05) is 37.6 Å². The quantitative estimate of drug-likeness (QED) is 0.693. The normalized spacial score (nSPS) is 35.6. The van der Waals surface area contributed by atoms with Gasteiger partial charge in [-0.25, -0.2) is 4.99 Å². The Morgan fingerprint density at radius 2 is 1.97 bits per heavy atom. The van der Waals surface area contributed by atoms with Gasteiger partial charge in [0, 0.05) is 17.5 Å². The zero-order valence-electron chi connectivity index (χ0n) is 20.5. The van der Waals surface area contributed by atoms with Crippen LogP contribution in [0.3, 0.4) is 0 Å². The number of nitrogens with zero attached hydrogens (tertiary/aromatic N) is 2. The van der Waals surface area contributed by atoms with Crippen LogP contribution in [-0.4, -0.2) is 25.8 Å². The molecule has 1 unspecified atom stereocenters. The van der Waals surface area contributed by atoms with E-state index in [2.05, 4.69) is 19.9 Å². The highest BCUT2D eigenvalue weighted by molar-refractivity contribution is 6.31. The Labute approximate surface area is 197 Å². The predicted octanol–water partition coefficient (Wildman–Crippen LogP) is 5.04. The van der Waals surface area contributed by atoms with Gasteiger partial charge in [0.2, 0.25) is 0 Å². The van der Waals surface area contributed by atoms with Crippen LogP contribution in [0.2, 0.25) is 5.02 Å². The van der Waals surface area contributed by atoms with Crippen LogP contribution in [0, 0.1) is 28.6 Å². The fraction of sp³-hybridized carbons (Fsp3) is 0.462. The summed E-state index contributed by atoms with van der Waals surface area (Å²) in [4.78, 5) is 4.77. The summed E-state index contributed by atoms with van der Waals surface area (Å²) in [7, 11) is 1.75. The van der Waals surface area contributed by atoms with E-state index in [4.69, 9.17) is 34.5 Å². The summed E-state index contributed by atoms with van der Waals surface area (Å²) in [5.74, 6) is 0.441. The van der Waals surface area contributed by atoms with Crippen molar-refractivity contribution < 1.29 is 12.2 Å². The predicted molar refractivity (Wildman–Crippen MR) is 125 cm³/mol. The number of hydrogen-bond acceptors (Lipinski definition) is 5. The minimum absolute atomic E-state index is 0.104. The lowest BCUT2D eigenvalue weighted by Crippen LogP contribution is -2.51. The molecule has 2 spiro atoms. The molecule has 2 aromatic carbocycles. The molecule has 0 radical (unpaired) electrons. The molecule has 1 saturated carbocycles. The van der Waals surface area contributed by atoms with Gasteiger partial charge in [0.15, 0.2) is 0 Å². The minimum Gasteiger partial charge on any atom is -0.462 e. The molecular formula is C26H28ClN3O2. The molecule has 2 aromatic rings. The van der Waals surface area contributed by atoms with Crippen LogP contribution in [-0.2, 0) is 21.4 Å². The fourth-order valence-electron chi connectivity index (χ4n) is 6.54. The van der Waals surface area contributed by atoms with E-state index in [-0.39, 0.29) is 24.0 Å². The molecular weight excluding hydrogens is 422 g/mol. The third kappa shape index (κ3) is 3.04. The molecule has 0 aromatic heterocycles. The Bertz CT molecular complexity index is 1230. The number of halogens is 1. The molecule has 5 rings (SSSR count). The number of nitriles is 1. The van der Waals surface area contributed by atoms with Gasteiger partial charge in [0.05, 0.1) is 20.5 Å².